The molecular formula is C13H20N4O. The summed E-state index contributed by atoms with van der Waals surface area (Å²) in [5, 5.41) is 3.38. The summed E-state index contributed by atoms with van der Waals surface area (Å²) in [6.07, 6.45) is 0.945. The van der Waals surface area contributed by atoms with Crippen molar-refractivity contribution >= 4 is 11.0 Å². The van der Waals surface area contributed by atoms with Gasteiger partial charge in [0.1, 0.15) is 0 Å². The molecular weight excluding hydrogens is 228 g/mol. The number of hydrogen-bond acceptors (Lipinski definition) is 3. The first-order valence-corrected chi connectivity index (χ1v) is 6.30. The van der Waals surface area contributed by atoms with Crippen molar-refractivity contribution in [2.75, 3.05) is 19.6 Å². The Kier molecular flexibility index (Phi) is 4.17. The van der Waals surface area contributed by atoms with Gasteiger partial charge >= 0.3 is 5.69 Å². The van der Waals surface area contributed by atoms with Crippen molar-refractivity contribution < 1.29 is 0 Å². The van der Waals surface area contributed by atoms with Crippen molar-refractivity contribution in [3.05, 3.63) is 34.2 Å². The van der Waals surface area contributed by atoms with Gasteiger partial charge in [0.05, 0.1) is 11.0 Å². The summed E-state index contributed by atoms with van der Waals surface area (Å²) in [5.41, 5.74) is 8.33. The fraction of sp³-hybridized carbons (Fsp3) is 0.462. The summed E-state index contributed by atoms with van der Waals surface area (Å²) in [4.78, 5) is 16.6. The molecule has 1 heterocycles. The molecule has 0 aliphatic rings. The van der Waals surface area contributed by atoms with E-state index in [1.807, 2.05) is 18.2 Å². The smallest absolute Gasteiger partial charge is 0.323 e. The zero-order chi connectivity index (χ0) is 13.0. The number of nitrogens with two attached hydrogens (primary N) is 1. The Morgan fingerprint density at radius 1 is 1.33 bits per heavy atom. The van der Waals surface area contributed by atoms with E-state index in [-0.39, 0.29) is 5.69 Å². The number of aromatic nitrogens is 2. The number of fused-ring (bicyclic) bond motifs is 1. The first kappa shape index (κ1) is 12.9. The van der Waals surface area contributed by atoms with Gasteiger partial charge in [-0.05, 0) is 49.7 Å². The first-order valence-electron chi connectivity index (χ1n) is 6.30. The lowest BCUT2D eigenvalue weighted by molar-refractivity contribution is 0.524. The maximum absolute atomic E-state index is 11.1. The molecule has 0 aliphatic heterocycles. The minimum absolute atomic E-state index is 0.156. The van der Waals surface area contributed by atoms with Crippen molar-refractivity contribution in [2.24, 2.45) is 11.7 Å². The third-order valence-corrected chi connectivity index (χ3v) is 3.07. The molecule has 0 fully saturated rings. The predicted molar refractivity (Wildman–Crippen MR) is 73.7 cm³/mol. The van der Waals surface area contributed by atoms with Crippen molar-refractivity contribution in [3.8, 4) is 0 Å². The average Bonchev–Trinajstić information content (AvgIpc) is 2.73. The second kappa shape index (κ2) is 5.84. The molecule has 2 rings (SSSR count). The summed E-state index contributed by atoms with van der Waals surface area (Å²) in [6.45, 7) is 4.71. The molecule has 0 bridgehead atoms. The molecule has 0 spiro atoms. The Morgan fingerprint density at radius 2 is 2.11 bits per heavy atom. The lowest BCUT2D eigenvalue weighted by Crippen LogP contribution is -2.27. The molecule has 1 aromatic heterocycles. The van der Waals surface area contributed by atoms with Gasteiger partial charge in [-0.3, -0.25) is 0 Å². The Bertz CT molecular complexity index is 557. The normalized spacial score (nSPS) is 13.0. The summed E-state index contributed by atoms with van der Waals surface area (Å²) in [5.74, 6) is 0.508. The molecule has 2 aromatic rings. The molecule has 5 nitrogen and oxygen atoms in total. The SMILES string of the molecule is CC(CN)CNCCc1ccc2[nH]c(=O)[nH]c2c1. The van der Waals surface area contributed by atoms with Crippen molar-refractivity contribution in [3.63, 3.8) is 0 Å². The van der Waals surface area contributed by atoms with Gasteiger partial charge in [-0.25, -0.2) is 4.79 Å². The Morgan fingerprint density at radius 3 is 2.89 bits per heavy atom. The van der Waals surface area contributed by atoms with Crippen molar-refractivity contribution in [1.82, 2.24) is 15.3 Å². The maximum atomic E-state index is 11.1. The predicted octanol–water partition coefficient (Wildman–Crippen LogP) is 0.583. The topological polar surface area (TPSA) is 86.7 Å². The van der Waals surface area contributed by atoms with Crippen LogP contribution >= 0.6 is 0 Å². The van der Waals surface area contributed by atoms with Crippen LogP contribution in [0.4, 0.5) is 0 Å². The summed E-state index contributed by atoms with van der Waals surface area (Å²) in [6, 6.07) is 5.99. The number of H-pyrrole nitrogens is 2. The number of benzene rings is 1. The van der Waals surface area contributed by atoms with E-state index in [2.05, 4.69) is 22.2 Å². The monoisotopic (exact) mass is 248 g/mol. The molecule has 0 radical (unpaired) electrons. The minimum Gasteiger partial charge on any atom is -0.330 e. The van der Waals surface area contributed by atoms with Gasteiger partial charge in [0, 0.05) is 0 Å². The fourth-order valence-corrected chi connectivity index (χ4v) is 1.90. The number of aromatic amines is 2. The third-order valence-electron chi connectivity index (χ3n) is 3.07. The van der Waals surface area contributed by atoms with Gasteiger partial charge in [0.15, 0.2) is 0 Å². The summed E-state index contributed by atoms with van der Waals surface area (Å²) in [7, 11) is 0. The molecule has 0 aliphatic carbocycles. The highest BCUT2D eigenvalue weighted by Gasteiger charge is 2.01. The molecule has 0 saturated carbocycles. The van der Waals surface area contributed by atoms with Crippen LogP contribution in [0.25, 0.3) is 11.0 Å². The highest BCUT2D eigenvalue weighted by molar-refractivity contribution is 5.74. The van der Waals surface area contributed by atoms with Crippen molar-refractivity contribution in [2.45, 2.75) is 13.3 Å². The standard InChI is InChI=1S/C13H20N4O/c1-9(7-14)8-15-5-4-10-2-3-11-12(6-10)17-13(18)16-11/h2-3,6,9,15H,4-5,7-8,14H2,1H3,(H2,16,17,18). The number of nitrogens with one attached hydrogen (secondary N) is 3. The van der Waals surface area contributed by atoms with Crippen LogP contribution in [0.5, 0.6) is 0 Å². The lowest BCUT2D eigenvalue weighted by atomic mass is 10.1. The van der Waals surface area contributed by atoms with E-state index in [1.165, 1.54) is 5.56 Å². The third kappa shape index (κ3) is 3.21. The molecule has 1 atom stereocenters. The van der Waals surface area contributed by atoms with E-state index >= 15 is 0 Å². The van der Waals surface area contributed by atoms with Crippen LogP contribution in [-0.4, -0.2) is 29.6 Å². The van der Waals surface area contributed by atoms with Gasteiger partial charge < -0.3 is 21.0 Å². The van der Waals surface area contributed by atoms with E-state index in [1.54, 1.807) is 0 Å². The Balaban J connectivity index is 1.89. The van der Waals surface area contributed by atoms with Crippen LogP contribution in [0.2, 0.25) is 0 Å². The van der Waals surface area contributed by atoms with Gasteiger partial charge in [0.25, 0.3) is 0 Å². The van der Waals surface area contributed by atoms with E-state index < -0.39 is 0 Å². The first-order chi connectivity index (χ1) is 8.69. The molecule has 18 heavy (non-hydrogen) atoms. The maximum Gasteiger partial charge on any atom is 0.323 e. The van der Waals surface area contributed by atoms with Crippen LogP contribution in [0.15, 0.2) is 23.0 Å². The molecule has 0 saturated heterocycles. The quantitative estimate of drug-likeness (QED) is 0.564. The van der Waals surface area contributed by atoms with E-state index in [0.29, 0.717) is 12.5 Å². The van der Waals surface area contributed by atoms with Crippen molar-refractivity contribution in [1.29, 1.82) is 0 Å². The molecule has 98 valence electrons. The van der Waals surface area contributed by atoms with Gasteiger partial charge in [-0.1, -0.05) is 13.0 Å². The fourth-order valence-electron chi connectivity index (χ4n) is 1.90. The molecule has 0 amide bonds. The largest absolute Gasteiger partial charge is 0.330 e. The zero-order valence-corrected chi connectivity index (χ0v) is 10.6. The Hall–Kier alpha value is -1.59. The number of hydrogen-bond donors (Lipinski definition) is 4. The second-order valence-electron chi connectivity index (χ2n) is 4.75. The highest BCUT2D eigenvalue weighted by Crippen LogP contribution is 2.10. The van der Waals surface area contributed by atoms with Crippen LogP contribution < -0.4 is 16.7 Å². The Labute approximate surface area is 106 Å². The van der Waals surface area contributed by atoms with Crippen LogP contribution in [0.1, 0.15) is 12.5 Å². The van der Waals surface area contributed by atoms with E-state index in [0.717, 1.165) is 30.5 Å². The number of rotatable bonds is 6. The van der Waals surface area contributed by atoms with Crippen LogP contribution in [0.3, 0.4) is 0 Å². The molecule has 5 N–H and O–H groups in total. The van der Waals surface area contributed by atoms with Gasteiger partial charge in [-0.2, -0.15) is 0 Å². The average molecular weight is 248 g/mol. The minimum atomic E-state index is -0.156. The summed E-state index contributed by atoms with van der Waals surface area (Å²) >= 11 is 0. The molecule has 5 heteroatoms. The van der Waals surface area contributed by atoms with Crippen LogP contribution in [0, 0.1) is 5.92 Å². The zero-order valence-electron chi connectivity index (χ0n) is 10.6. The molecule has 1 aromatic carbocycles. The van der Waals surface area contributed by atoms with Gasteiger partial charge in [0.2, 0.25) is 0 Å². The highest BCUT2D eigenvalue weighted by atomic mass is 16.1. The van der Waals surface area contributed by atoms with Gasteiger partial charge in [-0.15, -0.1) is 0 Å². The van der Waals surface area contributed by atoms with E-state index in [9.17, 15) is 4.79 Å². The van der Waals surface area contributed by atoms with E-state index in [4.69, 9.17) is 5.73 Å². The van der Waals surface area contributed by atoms with Crippen LogP contribution in [-0.2, 0) is 6.42 Å². The second-order valence-corrected chi connectivity index (χ2v) is 4.75. The summed E-state index contributed by atoms with van der Waals surface area (Å²) < 4.78 is 0. The lowest BCUT2D eigenvalue weighted by Gasteiger charge is -2.09. The number of imidazole rings is 1. The molecule has 1 unspecified atom stereocenters.